The molecule has 0 atom stereocenters. The molecule has 25 heavy (non-hydrogen) atoms. The van der Waals surface area contributed by atoms with Crippen LogP contribution in [0.15, 0.2) is 12.1 Å². The minimum absolute atomic E-state index is 0.0118. The number of carbonyl (C=O) groups is 3. The third kappa shape index (κ3) is 3.13. The van der Waals surface area contributed by atoms with Crippen molar-refractivity contribution in [1.82, 2.24) is 10.2 Å². The zero-order valence-corrected chi connectivity index (χ0v) is 15.0. The molecule has 1 saturated carbocycles. The molecule has 1 heterocycles. The number of carbonyl (C=O) groups excluding carboxylic acids is 3. The van der Waals surface area contributed by atoms with Gasteiger partial charge in [0.1, 0.15) is 11.3 Å². The van der Waals surface area contributed by atoms with Gasteiger partial charge in [0.2, 0.25) is 0 Å². The van der Waals surface area contributed by atoms with Gasteiger partial charge in [-0.1, -0.05) is 25.0 Å². The van der Waals surface area contributed by atoms with Crippen LogP contribution >= 0.6 is 0 Å². The molecule has 134 valence electrons. The summed E-state index contributed by atoms with van der Waals surface area (Å²) in [6.07, 6.45) is 3.23. The molecule has 1 aromatic carbocycles. The molecule has 0 unspecified atom stereocenters. The van der Waals surface area contributed by atoms with Gasteiger partial charge in [-0.2, -0.15) is 0 Å². The third-order valence-electron chi connectivity index (χ3n) is 5.33. The molecule has 1 aliphatic heterocycles. The van der Waals surface area contributed by atoms with Crippen molar-refractivity contribution in [3.63, 3.8) is 0 Å². The van der Waals surface area contributed by atoms with Crippen LogP contribution in [0.5, 0.6) is 5.75 Å². The first-order valence-electron chi connectivity index (χ1n) is 8.76. The van der Waals surface area contributed by atoms with Gasteiger partial charge in [0.05, 0.1) is 6.42 Å². The van der Waals surface area contributed by atoms with E-state index in [2.05, 4.69) is 5.32 Å². The standard InChI is InChI=1S/C19H24N2O4/c1-12-6-7-13(2)16(14(12)3)25-15(22)8-11-21-17(23)19(20-18(21)24)9-4-5-10-19/h6-7H,4-5,8-11H2,1-3H3,(H,20,24). The van der Waals surface area contributed by atoms with E-state index in [9.17, 15) is 14.4 Å². The number of rotatable bonds is 4. The lowest BCUT2D eigenvalue weighted by Gasteiger charge is -2.20. The number of esters is 1. The lowest BCUT2D eigenvalue weighted by atomic mass is 9.98. The minimum Gasteiger partial charge on any atom is -0.426 e. The first-order valence-corrected chi connectivity index (χ1v) is 8.76. The summed E-state index contributed by atoms with van der Waals surface area (Å²) in [5.41, 5.74) is 2.13. The van der Waals surface area contributed by atoms with Crippen LogP contribution in [0.1, 0.15) is 48.8 Å². The fraction of sp³-hybridized carbons (Fsp3) is 0.526. The van der Waals surface area contributed by atoms with Crippen LogP contribution in [-0.2, 0) is 9.59 Å². The Hall–Kier alpha value is -2.37. The Morgan fingerprint density at radius 1 is 1.16 bits per heavy atom. The van der Waals surface area contributed by atoms with Crippen LogP contribution in [-0.4, -0.2) is 34.9 Å². The average molecular weight is 344 g/mol. The Morgan fingerprint density at radius 3 is 2.48 bits per heavy atom. The first-order chi connectivity index (χ1) is 11.8. The molecular formula is C19H24N2O4. The van der Waals surface area contributed by atoms with E-state index < -0.39 is 17.5 Å². The molecule has 1 aromatic rings. The Bertz CT molecular complexity index is 735. The summed E-state index contributed by atoms with van der Waals surface area (Å²) in [7, 11) is 0. The first kappa shape index (κ1) is 17.5. The van der Waals surface area contributed by atoms with Crippen LogP contribution in [0.3, 0.4) is 0 Å². The molecule has 0 aromatic heterocycles. The van der Waals surface area contributed by atoms with Gasteiger partial charge in [0.25, 0.3) is 5.91 Å². The summed E-state index contributed by atoms with van der Waals surface area (Å²) in [5, 5.41) is 2.81. The van der Waals surface area contributed by atoms with Crippen LogP contribution < -0.4 is 10.1 Å². The average Bonchev–Trinajstić information content (AvgIpc) is 3.13. The molecule has 2 aliphatic rings. The predicted molar refractivity (Wildman–Crippen MR) is 92.3 cm³/mol. The molecule has 0 bridgehead atoms. The largest absolute Gasteiger partial charge is 0.426 e. The summed E-state index contributed by atoms with van der Waals surface area (Å²) in [4.78, 5) is 38.0. The highest BCUT2D eigenvalue weighted by Gasteiger charge is 2.52. The molecule has 3 amide bonds. The maximum Gasteiger partial charge on any atom is 0.325 e. The van der Waals surface area contributed by atoms with Gasteiger partial charge in [-0.3, -0.25) is 14.5 Å². The third-order valence-corrected chi connectivity index (χ3v) is 5.33. The van der Waals surface area contributed by atoms with Crippen LogP contribution in [0.4, 0.5) is 4.79 Å². The molecule has 6 nitrogen and oxygen atoms in total. The zero-order valence-electron chi connectivity index (χ0n) is 15.0. The van der Waals surface area contributed by atoms with E-state index in [1.807, 2.05) is 32.9 Å². The van der Waals surface area contributed by atoms with Crippen molar-refractivity contribution in [3.8, 4) is 5.75 Å². The fourth-order valence-corrected chi connectivity index (χ4v) is 3.65. The molecule has 3 rings (SSSR count). The van der Waals surface area contributed by atoms with Crippen molar-refractivity contribution in [2.24, 2.45) is 0 Å². The minimum atomic E-state index is -0.731. The van der Waals surface area contributed by atoms with Gasteiger partial charge in [-0.15, -0.1) is 0 Å². The normalized spacial score (nSPS) is 18.8. The van der Waals surface area contributed by atoms with E-state index in [1.165, 1.54) is 0 Å². The lowest BCUT2D eigenvalue weighted by Crippen LogP contribution is -2.44. The number of urea groups is 1. The van der Waals surface area contributed by atoms with Crippen molar-refractivity contribution in [1.29, 1.82) is 0 Å². The summed E-state index contributed by atoms with van der Waals surface area (Å²) < 4.78 is 5.50. The molecule has 6 heteroatoms. The SMILES string of the molecule is Cc1ccc(C)c(OC(=O)CCN2C(=O)NC3(CCCC3)C2=O)c1C. The number of amides is 3. The highest BCUT2D eigenvalue weighted by molar-refractivity contribution is 6.07. The Kier molecular flexibility index (Phi) is 4.54. The van der Waals surface area contributed by atoms with Gasteiger partial charge < -0.3 is 10.1 Å². The predicted octanol–water partition coefficient (Wildman–Crippen LogP) is 2.77. The second-order valence-electron chi connectivity index (χ2n) is 7.05. The highest BCUT2D eigenvalue weighted by Crippen LogP contribution is 2.35. The Morgan fingerprint density at radius 2 is 1.80 bits per heavy atom. The number of aryl methyl sites for hydroxylation is 2. The number of hydrogen-bond donors (Lipinski definition) is 1. The van der Waals surface area contributed by atoms with Gasteiger partial charge in [0, 0.05) is 6.54 Å². The van der Waals surface area contributed by atoms with Crippen LogP contribution in [0.25, 0.3) is 0 Å². The number of nitrogens with zero attached hydrogens (tertiary/aromatic N) is 1. The Labute approximate surface area is 147 Å². The van der Waals surface area contributed by atoms with Crippen molar-refractivity contribution in [2.45, 2.75) is 58.4 Å². The smallest absolute Gasteiger partial charge is 0.325 e. The van der Waals surface area contributed by atoms with Gasteiger partial charge in [-0.05, 0) is 50.3 Å². The van der Waals surface area contributed by atoms with Gasteiger partial charge in [0.15, 0.2) is 0 Å². The van der Waals surface area contributed by atoms with Gasteiger partial charge >= 0.3 is 12.0 Å². The van der Waals surface area contributed by atoms with Crippen LogP contribution in [0.2, 0.25) is 0 Å². The van der Waals surface area contributed by atoms with E-state index in [1.54, 1.807) is 0 Å². The summed E-state index contributed by atoms with van der Waals surface area (Å²) in [6, 6.07) is 3.49. The number of nitrogens with one attached hydrogen (secondary N) is 1. The van der Waals surface area contributed by atoms with Gasteiger partial charge in [-0.25, -0.2) is 4.79 Å². The number of ether oxygens (including phenoxy) is 1. The maximum atomic E-state index is 12.6. The second-order valence-corrected chi connectivity index (χ2v) is 7.05. The number of hydrogen-bond acceptors (Lipinski definition) is 4. The fourth-order valence-electron chi connectivity index (χ4n) is 3.65. The molecule has 1 saturated heterocycles. The molecule has 2 fully saturated rings. The summed E-state index contributed by atoms with van der Waals surface area (Å²) in [6.45, 7) is 5.80. The van der Waals surface area contributed by atoms with Crippen molar-refractivity contribution in [2.75, 3.05) is 6.54 Å². The van der Waals surface area contributed by atoms with E-state index in [-0.39, 0.29) is 18.9 Å². The van der Waals surface area contributed by atoms with Crippen LogP contribution in [0, 0.1) is 20.8 Å². The van der Waals surface area contributed by atoms with Crippen molar-refractivity contribution >= 4 is 17.9 Å². The Balaban J connectivity index is 1.62. The van der Waals surface area contributed by atoms with E-state index in [0.29, 0.717) is 18.6 Å². The monoisotopic (exact) mass is 344 g/mol. The number of benzene rings is 1. The topological polar surface area (TPSA) is 75.7 Å². The quantitative estimate of drug-likeness (QED) is 0.518. The van der Waals surface area contributed by atoms with Crippen molar-refractivity contribution < 1.29 is 19.1 Å². The maximum absolute atomic E-state index is 12.6. The van der Waals surface area contributed by atoms with E-state index in [4.69, 9.17) is 4.74 Å². The summed E-state index contributed by atoms with van der Waals surface area (Å²) in [5.74, 6) is -0.0787. The molecular weight excluding hydrogens is 320 g/mol. The molecule has 1 spiro atoms. The molecule has 1 N–H and O–H groups in total. The second kappa shape index (κ2) is 6.50. The summed E-state index contributed by atoms with van der Waals surface area (Å²) >= 11 is 0. The molecule has 1 aliphatic carbocycles. The highest BCUT2D eigenvalue weighted by atomic mass is 16.5. The molecule has 0 radical (unpaired) electrons. The van der Waals surface area contributed by atoms with Crippen molar-refractivity contribution in [3.05, 3.63) is 28.8 Å². The lowest BCUT2D eigenvalue weighted by molar-refractivity contribution is -0.135. The number of imide groups is 1. The van der Waals surface area contributed by atoms with E-state index in [0.717, 1.165) is 34.4 Å². The zero-order chi connectivity index (χ0) is 18.2. The van der Waals surface area contributed by atoms with E-state index >= 15 is 0 Å².